The zero-order valence-electron chi connectivity index (χ0n) is 17.3. The van der Waals surface area contributed by atoms with Gasteiger partial charge in [0, 0.05) is 33.6 Å². The molecule has 4 aromatic rings. The SMILES string of the molecule is Cc1c(C(=O)[O-])cccc1-n1c(C)cc(/C=N/NC(=O)c2cc3ccccc3o2)c1C. The molecule has 0 unspecified atom stereocenters. The maximum atomic E-state index is 12.3. The summed E-state index contributed by atoms with van der Waals surface area (Å²) in [5.41, 5.74) is 7.19. The van der Waals surface area contributed by atoms with E-state index < -0.39 is 11.9 Å². The molecule has 0 aliphatic heterocycles. The third kappa shape index (κ3) is 3.73. The lowest BCUT2D eigenvalue weighted by atomic mass is 10.1. The van der Waals surface area contributed by atoms with E-state index in [4.69, 9.17) is 4.42 Å². The molecule has 0 aliphatic rings. The van der Waals surface area contributed by atoms with Crippen molar-refractivity contribution in [2.45, 2.75) is 20.8 Å². The fourth-order valence-corrected chi connectivity index (χ4v) is 3.69. The Labute approximate surface area is 178 Å². The van der Waals surface area contributed by atoms with Crippen molar-refractivity contribution in [3.8, 4) is 5.69 Å². The molecule has 31 heavy (non-hydrogen) atoms. The zero-order chi connectivity index (χ0) is 22.1. The molecule has 4 rings (SSSR count). The van der Waals surface area contributed by atoms with Gasteiger partial charge >= 0.3 is 5.91 Å². The van der Waals surface area contributed by atoms with E-state index in [-0.39, 0.29) is 11.3 Å². The summed E-state index contributed by atoms with van der Waals surface area (Å²) < 4.78 is 7.49. The maximum absolute atomic E-state index is 12.3. The van der Waals surface area contributed by atoms with Crippen molar-refractivity contribution in [3.63, 3.8) is 0 Å². The molecule has 1 N–H and O–H groups in total. The Morgan fingerprint density at radius 3 is 2.58 bits per heavy atom. The number of rotatable bonds is 5. The predicted molar refractivity (Wildman–Crippen MR) is 116 cm³/mol. The highest BCUT2D eigenvalue weighted by Crippen LogP contribution is 2.24. The number of aryl methyl sites for hydroxylation is 1. The Balaban J connectivity index is 1.58. The van der Waals surface area contributed by atoms with Crippen LogP contribution in [0.15, 0.2) is 64.1 Å². The van der Waals surface area contributed by atoms with E-state index in [2.05, 4.69) is 10.5 Å². The first kappa shape index (κ1) is 20.2. The van der Waals surface area contributed by atoms with Crippen LogP contribution >= 0.6 is 0 Å². The van der Waals surface area contributed by atoms with Crippen molar-refractivity contribution in [2.75, 3.05) is 0 Å². The maximum Gasteiger partial charge on any atom is 0.307 e. The number of amides is 1. The van der Waals surface area contributed by atoms with Gasteiger partial charge in [-0.25, -0.2) is 5.43 Å². The normalized spacial score (nSPS) is 11.3. The Morgan fingerprint density at radius 2 is 1.84 bits per heavy atom. The number of nitrogens with zero attached hydrogens (tertiary/aromatic N) is 2. The molecule has 0 bridgehead atoms. The second-order valence-electron chi connectivity index (χ2n) is 7.25. The molecular formula is C24H20N3O4-. The molecule has 2 heterocycles. The first-order valence-corrected chi connectivity index (χ1v) is 9.69. The lowest BCUT2D eigenvalue weighted by Gasteiger charge is -2.16. The Kier molecular flexibility index (Phi) is 5.17. The molecule has 2 aromatic carbocycles. The number of aromatic carboxylic acids is 1. The van der Waals surface area contributed by atoms with E-state index in [0.717, 1.165) is 28.0 Å². The van der Waals surface area contributed by atoms with E-state index in [1.165, 1.54) is 6.07 Å². The average Bonchev–Trinajstić information content (AvgIpc) is 3.29. The molecule has 0 saturated carbocycles. The Hall–Kier alpha value is -4.13. The molecule has 0 saturated heterocycles. The standard InChI is InChI=1S/C24H21N3O4/c1-14-11-18(16(3)27(14)20-9-6-8-19(15(20)2)24(29)30)13-25-26-23(28)22-12-17-7-4-5-10-21(17)31-22/h4-13H,1-3H3,(H,26,28)(H,29,30)/p-1/b25-13+. The van der Waals surface area contributed by atoms with Crippen LogP contribution in [0, 0.1) is 20.8 Å². The van der Waals surface area contributed by atoms with Crippen LogP contribution in [-0.2, 0) is 0 Å². The molecule has 0 atom stereocenters. The van der Waals surface area contributed by atoms with E-state index in [1.54, 1.807) is 31.3 Å². The summed E-state index contributed by atoms with van der Waals surface area (Å²) in [5, 5.41) is 16.3. The Bertz CT molecular complexity index is 1310. The summed E-state index contributed by atoms with van der Waals surface area (Å²) in [6.07, 6.45) is 1.55. The lowest BCUT2D eigenvalue weighted by molar-refractivity contribution is -0.255. The van der Waals surface area contributed by atoms with Crippen molar-refractivity contribution in [2.24, 2.45) is 5.10 Å². The summed E-state index contributed by atoms with van der Waals surface area (Å²) in [4.78, 5) is 23.7. The van der Waals surface area contributed by atoms with Crippen LogP contribution in [0.3, 0.4) is 0 Å². The molecule has 1 amide bonds. The number of fused-ring (bicyclic) bond motifs is 1. The number of hydrogen-bond donors (Lipinski definition) is 1. The van der Waals surface area contributed by atoms with E-state index in [9.17, 15) is 14.7 Å². The predicted octanol–water partition coefficient (Wildman–Crippen LogP) is 3.28. The van der Waals surface area contributed by atoms with Crippen LogP contribution in [-0.4, -0.2) is 22.7 Å². The van der Waals surface area contributed by atoms with Crippen molar-refractivity contribution in [3.05, 3.63) is 88.4 Å². The number of benzene rings is 2. The molecule has 7 nitrogen and oxygen atoms in total. The van der Waals surface area contributed by atoms with Crippen LogP contribution in [0.4, 0.5) is 0 Å². The van der Waals surface area contributed by atoms with Crippen molar-refractivity contribution in [1.29, 1.82) is 0 Å². The van der Waals surface area contributed by atoms with Gasteiger partial charge in [-0.2, -0.15) is 5.10 Å². The van der Waals surface area contributed by atoms with Gasteiger partial charge in [-0.15, -0.1) is 0 Å². The van der Waals surface area contributed by atoms with Crippen LogP contribution in [0.1, 0.15) is 43.4 Å². The van der Waals surface area contributed by atoms with E-state index in [1.807, 2.05) is 48.7 Å². The molecule has 0 aliphatic carbocycles. The van der Waals surface area contributed by atoms with Crippen LogP contribution < -0.4 is 10.5 Å². The second-order valence-corrected chi connectivity index (χ2v) is 7.25. The molecule has 0 fully saturated rings. The average molecular weight is 414 g/mol. The number of hydrogen-bond acceptors (Lipinski definition) is 5. The molecular weight excluding hydrogens is 394 g/mol. The fourth-order valence-electron chi connectivity index (χ4n) is 3.69. The van der Waals surface area contributed by atoms with Crippen LogP contribution in [0.5, 0.6) is 0 Å². The van der Waals surface area contributed by atoms with Gasteiger partial charge in [0.15, 0.2) is 5.76 Å². The number of nitrogens with one attached hydrogen (secondary N) is 1. The summed E-state index contributed by atoms with van der Waals surface area (Å²) in [6.45, 7) is 5.57. The zero-order valence-corrected chi connectivity index (χ0v) is 17.3. The van der Waals surface area contributed by atoms with Gasteiger partial charge in [-0.1, -0.05) is 30.3 Å². The van der Waals surface area contributed by atoms with E-state index in [0.29, 0.717) is 11.1 Å². The fraction of sp³-hybridized carbons (Fsp3) is 0.125. The highest BCUT2D eigenvalue weighted by molar-refractivity contribution is 5.96. The largest absolute Gasteiger partial charge is 0.545 e. The van der Waals surface area contributed by atoms with Gasteiger partial charge in [0.1, 0.15) is 5.58 Å². The minimum atomic E-state index is -1.21. The summed E-state index contributed by atoms with van der Waals surface area (Å²) in [6, 6.07) is 16.0. The first-order chi connectivity index (χ1) is 14.9. The van der Waals surface area contributed by atoms with Crippen molar-refractivity contribution >= 4 is 29.1 Å². The number of carboxylic acid groups (broad SMARTS) is 1. The smallest absolute Gasteiger partial charge is 0.307 e. The first-order valence-electron chi connectivity index (χ1n) is 9.69. The topological polar surface area (TPSA) is 99.7 Å². The number of hydrazone groups is 1. The summed E-state index contributed by atoms with van der Waals surface area (Å²) in [7, 11) is 0. The monoisotopic (exact) mass is 414 g/mol. The van der Waals surface area contributed by atoms with Gasteiger partial charge in [-0.3, -0.25) is 4.79 Å². The Morgan fingerprint density at radius 1 is 1.06 bits per heavy atom. The summed E-state index contributed by atoms with van der Waals surface area (Å²) >= 11 is 0. The van der Waals surface area contributed by atoms with Crippen molar-refractivity contribution < 1.29 is 19.1 Å². The second kappa shape index (κ2) is 7.95. The van der Waals surface area contributed by atoms with Gasteiger partial charge in [0.25, 0.3) is 0 Å². The number of carbonyl (C=O) groups is 2. The number of para-hydroxylation sites is 1. The molecule has 156 valence electrons. The quantitative estimate of drug-likeness (QED) is 0.400. The number of furan rings is 1. The van der Waals surface area contributed by atoms with Gasteiger partial charge in [0.05, 0.1) is 12.2 Å². The third-order valence-electron chi connectivity index (χ3n) is 5.26. The van der Waals surface area contributed by atoms with Gasteiger partial charge in [0.2, 0.25) is 0 Å². The minimum absolute atomic E-state index is 0.151. The lowest BCUT2D eigenvalue weighted by Crippen LogP contribution is -2.23. The highest BCUT2D eigenvalue weighted by Gasteiger charge is 2.14. The number of aromatic nitrogens is 1. The molecule has 2 aromatic heterocycles. The molecule has 0 spiro atoms. The van der Waals surface area contributed by atoms with Crippen LogP contribution in [0.2, 0.25) is 0 Å². The number of carboxylic acids is 1. The molecule has 0 radical (unpaired) electrons. The minimum Gasteiger partial charge on any atom is -0.545 e. The van der Waals surface area contributed by atoms with Crippen molar-refractivity contribution in [1.82, 2.24) is 9.99 Å². The van der Waals surface area contributed by atoms with Gasteiger partial charge in [-0.05, 0) is 50.6 Å². The molecule has 7 heteroatoms. The summed E-state index contributed by atoms with van der Waals surface area (Å²) in [5.74, 6) is -1.48. The highest BCUT2D eigenvalue weighted by atomic mass is 16.4. The van der Waals surface area contributed by atoms with E-state index >= 15 is 0 Å². The van der Waals surface area contributed by atoms with Crippen LogP contribution in [0.25, 0.3) is 16.7 Å². The van der Waals surface area contributed by atoms with Gasteiger partial charge < -0.3 is 18.9 Å². The number of carbonyl (C=O) groups excluding carboxylic acids is 2. The third-order valence-corrected chi connectivity index (χ3v) is 5.26.